The van der Waals surface area contributed by atoms with Gasteiger partial charge in [-0.15, -0.1) is 0 Å². The van der Waals surface area contributed by atoms with Gasteiger partial charge < -0.3 is 14.3 Å². The zero-order valence-electron chi connectivity index (χ0n) is 10.5. The highest BCUT2D eigenvalue weighted by Gasteiger charge is 2.11. The van der Waals surface area contributed by atoms with Crippen LogP contribution in [0.2, 0.25) is 0 Å². The number of carbonyl (C=O) groups is 2. The van der Waals surface area contributed by atoms with E-state index in [1.54, 1.807) is 12.1 Å². The lowest BCUT2D eigenvalue weighted by molar-refractivity contribution is -0.134. The number of methoxy groups -OCH3 is 1. The number of aromatic carboxylic acids is 1. The van der Waals surface area contributed by atoms with E-state index in [1.165, 1.54) is 31.4 Å². The molecule has 102 valence electrons. The Morgan fingerprint density at radius 3 is 2.70 bits per heavy atom. The summed E-state index contributed by atoms with van der Waals surface area (Å²) >= 11 is 0. The van der Waals surface area contributed by atoms with Crippen molar-refractivity contribution in [1.29, 1.82) is 0 Å². The van der Waals surface area contributed by atoms with Gasteiger partial charge in [-0.1, -0.05) is 6.07 Å². The maximum Gasteiger partial charge on any atom is 0.351 e. The molecule has 6 nitrogen and oxygen atoms in total. The van der Waals surface area contributed by atoms with Crippen molar-refractivity contribution in [3.05, 3.63) is 51.9 Å². The van der Waals surface area contributed by atoms with E-state index < -0.39 is 23.1 Å². The molecule has 0 amide bonds. The Morgan fingerprint density at radius 1 is 1.30 bits per heavy atom. The SMILES string of the molecule is COC(=O)C=Cc1ccc2oc(=O)c(C(=O)O)cc2c1. The molecule has 6 heteroatoms. The number of esters is 1. The number of hydrogen-bond acceptors (Lipinski definition) is 5. The minimum absolute atomic E-state index is 0.273. The van der Waals surface area contributed by atoms with Gasteiger partial charge in [0.05, 0.1) is 7.11 Å². The first-order valence-electron chi connectivity index (χ1n) is 5.58. The summed E-state index contributed by atoms with van der Waals surface area (Å²) in [4.78, 5) is 33.3. The van der Waals surface area contributed by atoms with Crippen molar-refractivity contribution in [2.24, 2.45) is 0 Å². The van der Waals surface area contributed by atoms with Crippen molar-refractivity contribution in [3.8, 4) is 0 Å². The standard InChI is InChI=1S/C14H10O6/c1-19-12(15)5-3-8-2-4-11-9(6-8)7-10(13(16)17)14(18)20-11/h2-7H,1H3,(H,16,17). The maximum atomic E-state index is 11.4. The van der Waals surface area contributed by atoms with Crippen LogP contribution in [0.4, 0.5) is 0 Å². The number of hydrogen-bond donors (Lipinski definition) is 1. The first kappa shape index (κ1) is 13.5. The number of ether oxygens (including phenoxy) is 1. The Morgan fingerprint density at radius 2 is 2.05 bits per heavy atom. The normalized spacial score (nSPS) is 10.8. The van der Waals surface area contributed by atoms with Crippen molar-refractivity contribution in [2.75, 3.05) is 7.11 Å². The predicted octanol–water partition coefficient (Wildman–Crippen LogP) is 1.68. The lowest BCUT2D eigenvalue weighted by Gasteiger charge is -2.00. The molecule has 1 heterocycles. The molecule has 0 spiro atoms. The monoisotopic (exact) mass is 274 g/mol. The molecule has 0 saturated heterocycles. The molecule has 0 atom stereocenters. The van der Waals surface area contributed by atoms with Crippen molar-refractivity contribution < 1.29 is 23.8 Å². The Hall–Kier alpha value is -2.89. The number of carboxylic acids is 1. The molecule has 0 bridgehead atoms. The van der Waals surface area contributed by atoms with Crippen LogP contribution in [0.1, 0.15) is 15.9 Å². The first-order valence-corrected chi connectivity index (χ1v) is 5.58. The second kappa shape index (κ2) is 5.40. The summed E-state index contributed by atoms with van der Waals surface area (Å²) in [6.07, 6.45) is 2.75. The minimum Gasteiger partial charge on any atom is -0.477 e. The highest BCUT2D eigenvalue weighted by atomic mass is 16.5. The Labute approximate surface area is 112 Å². The molecule has 0 aliphatic heterocycles. The number of fused-ring (bicyclic) bond motifs is 1. The molecule has 0 saturated carbocycles. The van der Waals surface area contributed by atoms with Crippen LogP contribution in [0.3, 0.4) is 0 Å². The van der Waals surface area contributed by atoms with Gasteiger partial charge in [-0.25, -0.2) is 14.4 Å². The zero-order valence-corrected chi connectivity index (χ0v) is 10.5. The van der Waals surface area contributed by atoms with E-state index in [-0.39, 0.29) is 5.58 Å². The Balaban J connectivity index is 2.50. The van der Waals surface area contributed by atoms with Gasteiger partial charge in [0.1, 0.15) is 11.1 Å². The molecule has 1 N–H and O–H groups in total. The van der Waals surface area contributed by atoms with E-state index in [0.29, 0.717) is 10.9 Å². The van der Waals surface area contributed by atoms with Gasteiger partial charge in [-0.05, 0) is 29.8 Å². The Kier molecular flexibility index (Phi) is 3.65. The van der Waals surface area contributed by atoms with Crippen molar-refractivity contribution in [3.63, 3.8) is 0 Å². The van der Waals surface area contributed by atoms with Gasteiger partial charge in [0.25, 0.3) is 0 Å². The third-order valence-electron chi connectivity index (χ3n) is 2.60. The van der Waals surface area contributed by atoms with Crippen LogP contribution in [0.5, 0.6) is 0 Å². The fourth-order valence-corrected chi connectivity index (χ4v) is 1.63. The van der Waals surface area contributed by atoms with Gasteiger partial charge in [-0.2, -0.15) is 0 Å². The van der Waals surface area contributed by atoms with Crippen LogP contribution in [0, 0.1) is 0 Å². The predicted molar refractivity (Wildman–Crippen MR) is 70.5 cm³/mol. The fourth-order valence-electron chi connectivity index (χ4n) is 1.63. The van der Waals surface area contributed by atoms with Gasteiger partial charge in [0.15, 0.2) is 0 Å². The quantitative estimate of drug-likeness (QED) is 0.520. The van der Waals surface area contributed by atoms with Crippen LogP contribution in [-0.4, -0.2) is 24.2 Å². The number of benzene rings is 1. The van der Waals surface area contributed by atoms with Crippen molar-refractivity contribution in [2.45, 2.75) is 0 Å². The molecule has 0 radical (unpaired) electrons. The smallest absolute Gasteiger partial charge is 0.351 e. The summed E-state index contributed by atoms with van der Waals surface area (Å²) in [6, 6.07) is 5.99. The van der Waals surface area contributed by atoms with E-state index in [0.717, 1.165) is 0 Å². The molecule has 2 rings (SSSR count). The molecular formula is C14H10O6. The van der Waals surface area contributed by atoms with E-state index in [1.807, 2.05) is 0 Å². The van der Waals surface area contributed by atoms with Crippen molar-refractivity contribution >= 4 is 29.0 Å². The molecule has 0 fully saturated rings. The van der Waals surface area contributed by atoms with Crippen LogP contribution in [0.15, 0.2) is 39.6 Å². The van der Waals surface area contributed by atoms with Crippen LogP contribution in [-0.2, 0) is 9.53 Å². The van der Waals surface area contributed by atoms with Gasteiger partial charge >= 0.3 is 17.6 Å². The molecule has 0 aliphatic carbocycles. The maximum absolute atomic E-state index is 11.4. The van der Waals surface area contributed by atoms with Crippen LogP contribution >= 0.6 is 0 Å². The molecule has 0 unspecified atom stereocenters. The highest BCUT2D eigenvalue weighted by molar-refractivity contribution is 5.92. The van der Waals surface area contributed by atoms with E-state index in [2.05, 4.69) is 4.74 Å². The highest BCUT2D eigenvalue weighted by Crippen LogP contribution is 2.16. The summed E-state index contributed by atoms with van der Waals surface area (Å²) in [6.45, 7) is 0. The first-order chi connectivity index (χ1) is 9.51. The third-order valence-corrected chi connectivity index (χ3v) is 2.60. The van der Waals surface area contributed by atoms with E-state index in [4.69, 9.17) is 9.52 Å². The topological polar surface area (TPSA) is 93.8 Å². The van der Waals surface area contributed by atoms with Crippen LogP contribution < -0.4 is 5.63 Å². The molecule has 2 aromatic rings. The van der Waals surface area contributed by atoms with Crippen LogP contribution in [0.25, 0.3) is 17.0 Å². The summed E-state index contributed by atoms with van der Waals surface area (Å²) < 4.78 is 9.37. The van der Waals surface area contributed by atoms with E-state index in [9.17, 15) is 14.4 Å². The second-order valence-corrected chi connectivity index (χ2v) is 3.91. The summed E-state index contributed by atoms with van der Waals surface area (Å²) in [5, 5.41) is 9.32. The molecular weight excluding hydrogens is 264 g/mol. The Bertz CT molecular complexity index is 769. The average Bonchev–Trinajstić information content (AvgIpc) is 2.43. The molecule has 1 aromatic carbocycles. The lowest BCUT2D eigenvalue weighted by atomic mass is 10.1. The van der Waals surface area contributed by atoms with Gasteiger partial charge in [0.2, 0.25) is 0 Å². The van der Waals surface area contributed by atoms with Crippen molar-refractivity contribution in [1.82, 2.24) is 0 Å². The molecule has 1 aromatic heterocycles. The minimum atomic E-state index is -1.35. The summed E-state index contributed by atoms with van der Waals surface area (Å²) in [5.41, 5.74) is -0.419. The second-order valence-electron chi connectivity index (χ2n) is 3.91. The third kappa shape index (κ3) is 2.74. The van der Waals surface area contributed by atoms with Gasteiger partial charge in [-0.3, -0.25) is 0 Å². The molecule has 20 heavy (non-hydrogen) atoms. The summed E-state index contributed by atoms with van der Waals surface area (Å²) in [5.74, 6) is -1.85. The number of rotatable bonds is 3. The van der Waals surface area contributed by atoms with E-state index >= 15 is 0 Å². The zero-order chi connectivity index (χ0) is 14.7. The number of carboxylic acid groups (broad SMARTS) is 1. The largest absolute Gasteiger partial charge is 0.477 e. The van der Waals surface area contributed by atoms with Gasteiger partial charge in [0, 0.05) is 11.5 Å². The average molecular weight is 274 g/mol. The summed E-state index contributed by atoms with van der Waals surface area (Å²) in [7, 11) is 1.26. The number of carbonyl (C=O) groups excluding carboxylic acids is 1. The lowest BCUT2D eigenvalue weighted by Crippen LogP contribution is -2.12. The molecule has 0 aliphatic rings. The fraction of sp³-hybridized carbons (Fsp3) is 0.0714.